The highest BCUT2D eigenvalue weighted by Gasteiger charge is 2.17. The predicted molar refractivity (Wildman–Crippen MR) is 71.3 cm³/mol. The Labute approximate surface area is 114 Å². The molecule has 0 radical (unpaired) electrons. The summed E-state index contributed by atoms with van der Waals surface area (Å²) in [6.45, 7) is 0. The molecular weight excluding hydrogens is 292 g/mol. The summed E-state index contributed by atoms with van der Waals surface area (Å²) >= 11 is 6.78. The maximum atomic E-state index is 12.0. The molecule has 0 fully saturated rings. The van der Waals surface area contributed by atoms with Gasteiger partial charge in [0.1, 0.15) is 15.2 Å². The van der Waals surface area contributed by atoms with E-state index < -0.39 is 10.0 Å². The molecule has 0 saturated heterocycles. The molecule has 7 heteroatoms. The quantitative estimate of drug-likeness (QED) is 0.946. The van der Waals surface area contributed by atoms with Crippen molar-refractivity contribution in [3.63, 3.8) is 0 Å². The third-order valence-electron chi connectivity index (χ3n) is 2.07. The first-order valence-corrected chi connectivity index (χ1v) is 7.48. The summed E-state index contributed by atoms with van der Waals surface area (Å²) in [7, 11) is -3.69. The van der Waals surface area contributed by atoms with Crippen molar-refractivity contribution in [1.82, 2.24) is 0 Å². The number of rotatable bonds is 3. The summed E-state index contributed by atoms with van der Waals surface area (Å²) in [4.78, 5) is 0.342. The zero-order chi connectivity index (χ0) is 13.2. The van der Waals surface area contributed by atoms with Gasteiger partial charge in [-0.15, -0.1) is 11.3 Å². The normalized spacial score (nSPS) is 10.9. The third-order valence-corrected chi connectivity index (χ3v) is 5.25. The number of nitrogens with one attached hydrogen (secondary N) is 1. The lowest BCUT2D eigenvalue weighted by Crippen LogP contribution is -2.11. The van der Waals surface area contributed by atoms with E-state index in [1.54, 1.807) is 24.3 Å². The van der Waals surface area contributed by atoms with Gasteiger partial charge >= 0.3 is 0 Å². The van der Waals surface area contributed by atoms with Gasteiger partial charge in [-0.3, -0.25) is 4.72 Å². The Morgan fingerprint density at radius 3 is 2.56 bits per heavy atom. The van der Waals surface area contributed by atoms with Crippen molar-refractivity contribution >= 4 is 38.6 Å². The van der Waals surface area contributed by atoms with Crippen molar-refractivity contribution in [2.75, 3.05) is 4.72 Å². The Hall–Kier alpha value is -1.55. The Morgan fingerprint density at radius 1 is 1.22 bits per heavy atom. The van der Waals surface area contributed by atoms with Gasteiger partial charge in [0.05, 0.1) is 10.7 Å². The second-order valence-corrected chi connectivity index (χ2v) is 6.72. The van der Waals surface area contributed by atoms with Crippen LogP contribution < -0.4 is 4.72 Å². The molecule has 1 heterocycles. The molecule has 4 nitrogen and oxygen atoms in total. The van der Waals surface area contributed by atoms with Gasteiger partial charge < -0.3 is 0 Å². The maximum absolute atomic E-state index is 12.0. The van der Waals surface area contributed by atoms with Crippen LogP contribution in [-0.2, 0) is 10.0 Å². The SMILES string of the molecule is N#Cc1ccc(S(=O)(=O)Nc2ccccc2Cl)s1. The first-order valence-electron chi connectivity index (χ1n) is 4.80. The van der Waals surface area contributed by atoms with Gasteiger partial charge in [0.25, 0.3) is 10.0 Å². The van der Waals surface area contributed by atoms with E-state index in [4.69, 9.17) is 16.9 Å². The van der Waals surface area contributed by atoms with Gasteiger partial charge in [-0.05, 0) is 24.3 Å². The smallest absolute Gasteiger partial charge is 0.271 e. The number of anilines is 1. The van der Waals surface area contributed by atoms with Gasteiger partial charge in [0, 0.05) is 0 Å². The summed E-state index contributed by atoms with van der Waals surface area (Å²) in [6, 6.07) is 11.3. The molecule has 2 aromatic rings. The number of nitriles is 1. The zero-order valence-corrected chi connectivity index (χ0v) is 11.3. The predicted octanol–water partition coefficient (Wildman–Crippen LogP) is 3.07. The highest BCUT2D eigenvalue weighted by molar-refractivity contribution is 7.94. The molecule has 0 unspecified atom stereocenters. The fourth-order valence-corrected chi connectivity index (χ4v) is 3.69. The standard InChI is InChI=1S/C11H7ClN2O2S2/c12-9-3-1-2-4-10(9)14-18(15,16)11-6-5-8(7-13)17-11/h1-6,14H. The molecule has 0 atom stereocenters. The summed E-state index contributed by atoms with van der Waals surface area (Å²) in [5.74, 6) is 0. The van der Waals surface area contributed by atoms with Crippen molar-refractivity contribution in [2.45, 2.75) is 4.21 Å². The molecule has 0 aliphatic rings. The average Bonchev–Trinajstić information content (AvgIpc) is 2.81. The van der Waals surface area contributed by atoms with Gasteiger partial charge in [-0.25, -0.2) is 8.42 Å². The summed E-state index contributed by atoms with van der Waals surface area (Å²) in [6.07, 6.45) is 0. The lowest BCUT2D eigenvalue weighted by Gasteiger charge is -2.07. The van der Waals surface area contributed by atoms with E-state index in [9.17, 15) is 8.42 Å². The van der Waals surface area contributed by atoms with E-state index in [1.807, 2.05) is 6.07 Å². The highest BCUT2D eigenvalue weighted by Crippen LogP contribution is 2.27. The van der Waals surface area contributed by atoms with Crippen molar-refractivity contribution in [3.8, 4) is 6.07 Å². The molecule has 0 bridgehead atoms. The van der Waals surface area contributed by atoms with Crippen LogP contribution >= 0.6 is 22.9 Å². The van der Waals surface area contributed by atoms with Crippen LogP contribution in [0.4, 0.5) is 5.69 Å². The summed E-state index contributed by atoms with van der Waals surface area (Å²) < 4.78 is 26.5. The minimum Gasteiger partial charge on any atom is -0.277 e. The first kappa shape index (κ1) is 12.9. The van der Waals surface area contributed by atoms with Crippen molar-refractivity contribution in [3.05, 3.63) is 46.3 Å². The second-order valence-electron chi connectivity index (χ2n) is 3.32. The Morgan fingerprint density at radius 2 is 1.94 bits per heavy atom. The number of halogens is 1. The van der Waals surface area contributed by atoms with Gasteiger partial charge in [-0.1, -0.05) is 23.7 Å². The number of nitrogens with zero attached hydrogens (tertiary/aromatic N) is 1. The fourth-order valence-electron chi connectivity index (χ4n) is 1.26. The lowest BCUT2D eigenvalue weighted by molar-refractivity contribution is 0.603. The van der Waals surface area contributed by atoms with Crippen LogP contribution in [-0.4, -0.2) is 8.42 Å². The molecule has 0 aliphatic carbocycles. The molecule has 18 heavy (non-hydrogen) atoms. The molecule has 1 aromatic carbocycles. The summed E-state index contributed by atoms with van der Waals surface area (Å²) in [5.41, 5.74) is 0.311. The van der Waals surface area contributed by atoms with Crippen LogP contribution in [0.25, 0.3) is 0 Å². The molecule has 0 spiro atoms. The molecule has 0 aliphatic heterocycles. The van der Waals surface area contributed by atoms with E-state index in [0.29, 0.717) is 15.6 Å². The number of benzene rings is 1. The molecule has 92 valence electrons. The minimum atomic E-state index is -3.69. The van der Waals surface area contributed by atoms with Crippen molar-refractivity contribution in [2.24, 2.45) is 0 Å². The first-order chi connectivity index (χ1) is 8.53. The molecule has 1 N–H and O–H groups in total. The monoisotopic (exact) mass is 298 g/mol. The van der Waals surface area contributed by atoms with E-state index in [2.05, 4.69) is 4.72 Å². The van der Waals surface area contributed by atoms with E-state index in [1.165, 1.54) is 12.1 Å². The number of hydrogen-bond donors (Lipinski definition) is 1. The fraction of sp³-hybridized carbons (Fsp3) is 0. The number of thiophene rings is 1. The lowest BCUT2D eigenvalue weighted by atomic mass is 10.3. The van der Waals surface area contributed by atoms with Crippen LogP contribution in [0.2, 0.25) is 5.02 Å². The van der Waals surface area contributed by atoms with Crippen LogP contribution in [0.5, 0.6) is 0 Å². The van der Waals surface area contributed by atoms with Gasteiger partial charge in [0.15, 0.2) is 0 Å². The third kappa shape index (κ3) is 2.64. The topological polar surface area (TPSA) is 70.0 Å². The number of hydrogen-bond acceptors (Lipinski definition) is 4. The van der Waals surface area contributed by atoms with E-state index >= 15 is 0 Å². The molecule has 1 aromatic heterocycles. The van der Waals surface area contributed by atoms with Crippen molar-refractivity contribution in [1.29, 1.82) is 5.26 Å². The highest BCUT2D eigenvalue weighted by atomic mass is 35.5. The number of para-hydroxylation sites is 1. The molecule has 0 amide bonds. The van der Waals surface area contributed by atoms with Crippen LogP contribution in [0.15, 0.2) is 40.6 Å². The molecular formula is C11H7ClN2O2S2. The second kappa shape index (κ2) is 4.98. The summed E-state index contributed by atoms with van der Waals surface area (Å²) in [5, 5.41) is 8.99. The zero-order valence-electron chi connectivity index (χ0n) is 8.92. The van der Waals surface area contributed by atoms with Gasteiger partial charge in [0.2, 0.25) is 0 Å². The van der Waals surface area contributed by atoms with Crippen LogP contribution in [0.3, 0.4) is 0 Å². The molecule has 2 rings (SSSR count). The number of sulfonamides is 1. The Kier molecular flexibility index (Phi) is 3.57. The van der Waals surface area contributed by atoms with E-state index in [0.717, 1.165) is 11.3 Å². The molecule has 0 saturated carbocycles. The van der Waals surface area contributed by atoms with Crippen molar-refractivity contribution < 1.29 is 8.42 Å². The average molecular weight is 299 g/mol. The maximum Gasteiger partial charge on any atom is 0.271 e. The van der Waals surface area contributed by atoms with Crippen LogP contribution in [0, 0.1) is 11.3 Å². The Bertz CT molecular complexity index is 717. The van der Waals surface area contributed by atoms with Crippen LogP contribution in [0.1, 0.15) is 4.88 Å². The largest absolute Gasteiger partial charge is 0.277 e. The van der Waals surface area contributed by atoms with Gasteiger partial charge in [-0.2, -0.15) is 5.26 Å². The van der Waals surface area contributed by atoms with E-state index in [-0.39, 0.29) is 4.21 Å². The minimum absolute atomic E-state index is 0.0824. The Balaban J connectivity index is 2.34.